The van der Waals surface area contributed by atoms with E-state index in [4.69, 9.17) is 5.73 Å². The van der Waals surface area contributed by atoms with Crippen LogP contribution in [0.5, 0.6) is 5.75 Å². The Balaban J connectivity index is 2.09. The number of hydrogen-bond acceptors (Lipinski definition) is 3. The van der Waals surface area contributed by atoms with E-state index in [0.29, 0.717) is 16.5 Å². The lowest BCUT2D eigenvalue weighted by Crippen LogP contribution is -2.17. The number of benzene rings is 1. The predicted octanol–water partition coefficient (Wildman–Crippen LogP) is 4.88. The first-order valence-electron chi connectivity index (χ1n) is 6.25. The van der Waals surface area contributed by atoms with E-state index in [1.807, 2.05) is 0 Å². The van der Waals surface area contributed by atoms with Crippen LogP contribution in [0.25, 0.3) is 27.8 Å². The Morgan fingerprint density at radius 3 is 2.41 bits per heavy atom. The van der Waals surface area contributed by atoms with Gasteiger partial charge < -0.3 is 15.5 Å². The van der Waals surface area contributed by atoms with Gasteiger partial charge in [0.2, 0.25) is 0 Å². The van der Waals surface area contributed by atoms with Crippen LogP contribution in [0.2, 0.25) is 0 Å². The molecule has 1 aromatic carbocycles. The maximum absolute atomic E-state index is 12.5. The summed E-state index contributed by atoms with van der Waals surface area (Å²) in [7, 11) is 0. The van der Waals surface area contributed by atoms with E-state index in [2.05, 4.69) is 14.7 Å². The molecule has 0 radical (unpaired) electrons. The van der Waals surface area contributed by atoms with Gasteiger partial charge in [-0.3, -0.25) is 4.98 Å². The molecule has 4 nitrogen and oxygen atoms in total. The average molecular weight is 304 g/mol. The number of fused-ring (bicyclic) bond motifs is 1. The summed E-state index contributed by atoms with van der Waals surface area (Å²) in [5, 5.41) is 1.38. The van der Waals surface area contributed by atoms with Crippen LogP contribution in [0.15, 0.2) is 48.8 Å². The fourth-order valence-corrected chi connectivity index (χ4v) is 2.08. The number of nitrogens with one attached hydrogen (secondary N) is 1. The van der Waals surface area contributed by atoms with Crippen molar-refractivity contribution >= 4 is 16.6 Å². The number of alkyl halides is 3. The molecule has 3 rings (SSSR count). The fraction of sp³-hybridized carbons (Fsp3) is 0.0667. The Labute approximate surface area is 123 Å². The lowest BCUT2D eigenvalue weighted by molar-refractivity contribution is -0.274. The van der Waals surface area contributed by atoms with Gasteiger partial charge in [0.15, 0.2) is 0 Å². The van der Waals surface area contributed by atoms with Crippen molar-refractivity contribution in [1.82, 2.24) is 9.97 Å². The summed E-state index contributed by atoms with van der Waals surface area (Å²) in [6, 6.07) is 8.95. The van der Waals surface area contributed by atoms with Crippen LogP contribution >= 0.6 is 0 Å². The molecule has 0 atom stereocenters. The van der Waals surface area contributed by atoms with Crippen LogP contribution in [-0.4, -0.2) is 16.3 Å². The van der Waals surface area contributed by atoms with Crippen LogP contribution in [0.4, 0.5) is 19.0 Å². The second kappa shape index (κ2) is 5.18. The fourth-order valence-electron chi connectivity index (χ4n) is 2.08. The van der Waals surface area contributed by atoms with Gasteiger partial charge >= 0.3 is 6.36 Å². The van der Waals surface area contributed by atoms with Crippen molar-refractivity contribution in [2.75, 3.05) is 0 Å². The quantitative estimate of drug-likeness (QED) is 0.678. The number of pyridine rings is 2. The van der Waals surface area contributed by atoms with E-state index < -0.39 is 6.36 Å². The Morgan fingerprint density at radius 1 is 0.955 bits per heavy atom. The molecule has 7 heteroatoms. The number of nitrogens with zero attached hydrogens (tertiary/aromatic N) is 2. The van der Waals surface area contributed by atoms with E-state index in [-0.39, 0.29) is 17.1 Å². The molecule has 0 saturated carbocycles. The molecule has 1 N–H and O–H groups in total. The van der Waals surface area contributed by atoms with Crippen LogP contribution in [0.1, 0.15) is 0 Å². The zero-order valence-electron chi connectivity index (χ0n) is 11.1. The lowest BCUT2D eigenvalue weighted by atomic mass is 10.1. The Kier molecular flexibility index (Phi) is 3.32. The van der Waals surface area contributed by atoms with Crippen molar-refractivity contribution in [3.63, 3.8) is 0 Å². The molecule has 3 aromatic rings. The Hall–Kier alpha value is -2.83. The van der Waals surface area contributed by atoms with E-state index in [9.17, 15) is 13.2 Å². The molecule has 0 bridgehead atoms. The molecule has 0 spiro atoms. The summed E-state index contributed by atoms with van der Waals surface area (Å²) in [5.74, 6) is -0.213. The van der Waals surface area contributed by atoms with E-state index in [1.165, 1.54) is 36.7 Å². The largest absolute Gasteiger partial charge is 0.573 e. The van der Waals surface area contributed by atoms with Crippen molar-refractivity contribution < 1.29 is 17.9 Å². The highest BCUT2D eigenvalue weighted by Gasteiger charge is 2.32. The molecule has 112 valence electrons. The smallest absolute Gasteiger partial charge is 0.482 e. The van der Waals surface area contributed by atoms with Gasteiger partial charge in [-0.25, -0.2) is 0 Å². The molecule has 0 fully saturated rings. The van der Waals surface area contributed by atoms with Crippen molar-refractivity contribution in [3.05, 3.63) is 54.5 Å². The predicted molar refractivity (Wildman–Crippen MR) is 75.6 cm³/mol. The first-order chi connectivity index (χ1) is 10.4. The van der Waals surface area contributed by atoms with Gasteiger partial charge in [-0.15, -0.1) is 13.2 Å². The molecule has 0 aliphatic heterocycles. The molecular weight excluding hydrogens is 295 g/mol. The Bertz CT molecular complexity index is 834. The SMILES string of the molecule is [NH-]c1cc2cnc(-c3ccccc3OC(F)(F)F)cc2cn1. The molecule has 22 heavy (non-hydrogen) atoms. The van der Waals surface area contributed by atoms with Crippen molar-refractivity contribution in [1.29, 1.82) is 0 Å². The summed E-state index contributed by atoms with van der Waals surface area (Å²) in [6.45, 7) is 0. The standard InChI is InChI=1S/C15H9F3N3O/c16-15(17,18)22-13-4-2-1-3-11(13)12-5-9-8-21-14(19)6-10(9)7-20-12/h1-8H,(H-,19,21)/q-1. The number of para-hydroxylation sites is 1. The highest BCUT2D eigenvalue weighted by molar-refractivity contribution is 5.87. The number of rotatable bonds is 2. The van der Waals surface area contributed by atoms with Gasteiger partial charge in [0.05, 0.1) is 5.69 Å². The van der Waals surface area contributed by atoms with Crippen molar-refractivity contribution in [2.45, 2.75) is 6.36 Å². The summed E-state index contributed by atoms with van der Waals surface area (Å²) in [6.07, 6.45) is -1.79. The summed E-state index contributed by atoms with van der Waals surface area (Å²) in [4.78, 5) is 8.00. The maximum atomic E-state index is 12.5. The minimum Gasteiger partial charge on any atom is -0.482 e. The lowest BCUT2D eigenvalue weighted by Gasteiger charge is -2.13. The molecule has 0 saturated heterocycles. The number of halogens is 3. The van der Waals surface area contributed by atoms with Gasteiger partial charge in [-0.2, -0.15) is 0 Å². The first-order valence-corrected chi connectivity index (χ1v) is 6.25. The van der Waals surface area contributed by atoms with Gasteiger partial charge in [0, 0.05) is 11.8 Å². The van der Waals surface area contributed by atoms with E-state index in [0.717, 1.165) is 0 Å². The number of hydrogen-bond donors (Lipinski definition) is 0. The van der Waals surface area contributed by atoms with Crippen molar-refractivity contribution in [3.8, 4) is 17.0 Å². The van der Waals surface area contributed by atoms with Crippen LogP contribution in [0, 0.1) is 0 Å². The zero-order valence-corrected chi connectivity index (χ0v) is 11.1. The van der Waals surface area contributed by atoms with Crippen LogP contribution in [0.3, 0.4) is 0 Å². The maximum Gasteiger partial charge on any atom is 0.573 e. The second-order valence-electron chi connectivity index (χ2n) is 4.53. The van der Waals surface area contributed by atoms with Gasteiger partial charge in [0.1, 0.15) is 5.75 Å². The third-order valence-electron chi connectivity index (χ3n) is 2.99. The minimum atomic E-state index is -4.77. The van der Waals surface area contributed by atoms with Gasteiger partial charge in [0.25, 0.3) is 0 Å². The topological polar surface area (TPSA) is 58.8 Å². The first kappa shape index (κ1) is 14.1. The number of ether oxygens (including phenoxy) is 1. The van der Waals surface area contributed by atoms with E-state index >= 15 is 0 Å². The molecule has 2 heterocycles. The third-order valence-corrected chi connectivity index (χ3v) is 2.99. The van der Waals surface area contributed by atoms with Crippen LogP contribution in [-0.2, 0) is 0 Å². The van der Waals surface area contributed by atoms with Gasteiger partial charge in [-0.05, 0) is 29.0 Å². The molecule has 2 aromatic heterocycles. The zero-order chi connectivity index (χ0) is 15.7. The normalized spacial score (nSPS) is 11.6. The third kappa shape index (κ3) is 2.93. The highest BCUT2D eigenvalue weighted by atomic mass is 19.4. The average Bonchev–Trinajstić information content (AvgIpc) is 2.46. The molecular formula is C15H9F3N3O-. The van der Waals surface area contributed by atoms with Crippen molar-refractivity contribution in [2.24, 2.45) is 0 Å². The molecule has 0 aliphatic rings. The van der Waals surface area contributed by atoms with E-state index in [1.54, 1.807) is 12.1 Å². The second-order valence-corrected chi connectivity index (χ2v) is 4.53. The summed E-state index contributed by atoms with van der Waals surface area (Å²) < 4.78 is 41.4. The van der Waals surface area contributed by atoms with Gasteiger partial charge in [-0.1, -0.05) is 30.2 Å². The monoisotopic (exact) mass is 304 g/mol. The Morgan fingerprint density at radius 2 is 1.64 bits per heavy atom. The molecule has 0 unspecified atom stereocenters. The highest BCUT2D eigenvalue weighted by Crippen LogP contribution is 2.33. The van der Waals surface area contributed by atoms with Crippen LogP contribution < -0.4 is 4.74 Å². The number of aromatic nitrogens is 2. The summed E-state index contributed by atoms with van der Waals surface area (Å²) in [5.41, 5.74) is 8.02. The molecule has 0 aliphatic carbocycles. The molecule has 0 amide bonds. The minimum absolute atomic E-state index is 0.0999. The summed E-state index contributed by atoms with van der Waals surface area (Å²) >= 11 is 0.